The highest BCUT2D eigenvalue weighted by molar-refractivity contribution is 6.13. The summed E-state index contributed by atoms with van der Waals surface area (Å²) in [6.07, 6.45) is 6.93. The lowest BCUT2D eigenvalue weighted by molar-refractivity contribution is -0.136. The van der Waals surface area contributed by atoms with Gasteiger partial charge in [0.25, 0.3) is 5.91 Å². The van der Waals surface area contributed by atoms with Crippen LogP contribution in [-0.4, -0.2) is 56.7 Å². The number of amides is 2. The number of carbonyl (C=O) groups excluding carboxylic acids is 2. The Hall–Kier alpha value is -3.75. The topological polar surface area (TPSA) is 93.5 Å². The van der Waals surface area contributed by atoms with Crippen LogP contribution < -0.4 is 9.64 Å². The highest BCUT2D eigenvalue weighted by atomic mass is 16.5. The lowest BCUT2D eigenvalue weighted by Crippen LogP contribution is -2.67. The minimum Gasteiger partial charge on any atom is -0.495 e. The standard InChI is InChI=1S/C23H24N6O3/c1-5-28-11-17(9-25-28)29-22(31)20-14(2)6-19(16-7-18(32-4)10-24-8-16)26-21(20)23(29)12-27(13-23)15(3)30/h6-11H,5,12-13H2,1-4H3. The number of rotatable bonds is 4. The van der Waals surface area contributed by atoms with Crippen LogP contribution in [0.15, 0.2) is 36.9 Å². The predicted octanol–water partition coefficient (Wildman–Crippen LogP) is 2.39. The van der Waals surface area contributed by atoms with Crippen LogP contribution in [0.2, 0.25) is 0 Å². The molecule has 0 radical (unpaired) electrons. The third-order valence-electron chi connectivity index (χ3n) is 6.30. The molecule has 1 spiro atoms. The average Bonchev–Trinajstić information content (AvgIpc) is 3.32. The van der Waals surface area contributed by atoms with E-state index in [-0.39, 0.29) is 11.8 Å². The van der Waals surface area contributed by atoms with Gasteiger partial charge in [-0.3, -0.25) is 24.2 Å². The molecule has 9 nitrogen and oxygen atoms in total. The van der Waals surface area contributed by atoms with E-state index in [2.05, 4.69) is 10.1 Å². The first kappa shape index (κ1) is 20.2. The second-order valence-electron chi connectivity index (χ2n) is 8.26. The smallest absolute Gasteiger partial charge is 0.261 e. The van der Waals surface area contributed by atoms with Crippen LogP contribution in [-0.2, 0) is 16.9 Å². The van der Waals surface area contributed by atoms with Crippen LogP contribution in [0, 0.1) is 6.92 Å². The fourth-order valence-electron chi connectivity index (χ4n) is 4.61. The van der Waals surface area contributed by atoms with E-state index in [1.54, 1.807) is 47.1 Å². The molecule has 2 amide bonds. The highest BCUT2D eigenvalue weighted by Gasteiger charge is 2.60. The average molecular weight is 432 g/mol. The van der Waals surface area contributed by atoms with Gasteiger partial charge in [0.1, 0.15) is 11.3 Å². The van der Waals surface area contributed by atoms with Crippen LogP contribution in [0.4, 0.5) is 5.69 Å². The van der Waals surface area contributed by atoms with Crippen molar-refractivity contribution in [3.63, 3.8) is 0 Å². The molecule has 32 heavy (non-hydrogen) atoms. The molecule has 2 aliphatic heterocycles. The fourth-order valence-corrected chi connectivity index (χ4v) is 4.61. The van der Waals surface area contributed by atoms with Gasteiger partial charge >= 0.3 is 0 Å². The molecule has 3 aromatic heterocycles. The number of hydrogen-bond donors (Lipinski definition) is 0. The van der Waals surface area contributed by atoms with Gasteiger partial charge in [-0.05, 0) is 31.5 Å². The Labute approximate surface area is 185 Å². The third-order valence-corrected chi connectivity index (χ3v) is 6.30. The Kier molecular flexibility index (Phi) is 4.51. The molecule has 5 rings (SSSR count). The summed E-state index contributed by atoms with van der Waals surface area (Å²) in [6.45, 7) is 6.94. The summed E-state index contributed by atoms with van der Waals surface area (Å²) in [5, 5.41) is 4.36. The van der Waals surface area contributed by atoms with Crippen LogP contribution in [0.25, 0.3) is 11.3 Å². The Morgan fingerprint density at radius 3 is 2.66 bits per heavy atom. The first-order chi connectivity index (χ1) is 15.4. The summed E-state index contributed by atoms with van der Waals surface area (Å²) < 4.78 is 7.10. The van der Waals surface area contributed by atoms with Gasteiger partial charge in [0.2, 0.25) is 5.91 Å². The van der Waals surface area contributed by atoms with Crippen LogP contribution in [0.3, 0.4) is 0 Å². The van der Waals surface area contributed by atoms with E-state index >= 15 is 0 Å². The molecule has 164 valence electrons. The zero-order valence-electron chi connectivity index (χ0n) is 18.5. The van der Waals surface area contributed by atoms with Crippen molar-refractivity contribution in [1.82, 2.24) is 24.6 Å². The molecular weight excluding hydrogens is 408 g/mol. The molecule has 0 atom stereocenters. The Balaban J connectivity index is 1.67. The van der Waals surface area contributed by atoms with Crippen molar-refractivity contribution < 1.29 is 14.3 Å². The number of pyridine rings is 2. The Bertz CT molecular complexity index is 1240. The Morgan fingerprint density at radius 1 is 1.22 bits per heavy atom. The number of likely N-dealkylation sites (tertiary alicyclic amines) is 1. The zero-order valence-corrected chi connectivity index (χ0v) is 18.5. The minimum absolute atomic E-state index is 0.0226. The second kappa shape index (κ2) is 7.15. The van der Waals surface area contributed by atoms with Gasteiger partial charge in [0.15, 0.2) is 0 Å². The minimum atomic E-state index is -0.716. The van der Waals surface area contributed by atoms with Crippen molar-refractivity contribution in [1.29, 1.82) is 0 Å². The number of ether oxygens (including phenoxy) is 1. The van der Waals surface area contributed by atoms with E-state index in [1.165, 1.54) is 0 Å². The molecule has 1 fully saturated rings. The number of methoxy groups -OCH3 is 1. The van der Waals surface area contributed by atoms with Crippen LogP contribution in [0.1, 0.15) is 35.5 Å². The SMILES string of the molecule is CCn1cc(N2C(=O)c3c(C)cc(-c4cncc(OC)c4)nc3C23CN(C(C)=O)C3)cn1. The molecule has 0 N–H and O–H groups in total. The molecule has 0 bridgehead atoms. The predicted molar refractivity (Wildman–Crippen MR) is 117 cm³/mol. The van der Waals surface area contributed by atoms with Crippen molar-refractivity contribution in [2.75, 3.05) is 25.1 Å². The maximum Gasteiger partial charge on any atom is 0.261 e. The van der Waals surface area contributed by atoms with E-state index in [4.69, 9.17) is 9.72 Å². The summed E-state index contributed by atoms with van der Waals surface area (Å²) >= 11 is 0. The molecule has 9 heteroatoms. The van der Waals surface area contributed by atoms with Gasteiger partial charge < -0.3 is 9.64 Å². The molecule has 3 aromatic rings. The summed E-state index contributed by atoms with van der Waals surface area (Å²) in [4.78, 5) is 38.4. The van der Waals surface area contributed by atoms with Gasteiger partial charge in [0.05, 0.1) is 55.2 Å². The first-order valence-electron chi connectivity index (χ1n) is 10.5. The summed E-state index contributed by atoms with van der Waals surface area (Å²) in [5.41, 5.74) is 3.64. The molecule has 1 saturated heterocycles. The summed E-state index contributed by atoms with van der Waals surface area (Å²) in [7, 11) is 1.59. The quantitative estimate of drug-likeness (QED) is 0.629. The first-order valence-corrected chi connectivity index (χ1v) is 10.5. The summed E-state index contributed by atoms with van der Waals surface area (Å²) in [6, 6.07) is 3.78. The Morgan fingerprint density at radius 2 is 2.00 bits per heavy atom. The second-order valence-corrected chi connectivity index (χ2v) is 8.26. The lowest BCUT2D eigenvalue weighted by atomic mass is 9.84. The van der Waals surface area contributed by atoms with Crippen LogP contribution >= 0.6 is 0 Å². The highest BCUT2D eigenvalue weighted by Crippen LogP contribution is 2.48. The van der Waals surface area contributed by atoms with E-state index in [9.17, 15) is 9.59 Å². The maximum atomic E-state index is 13.7. The monoisotopic (exact) mass is 432 g/mol. The van der Waals surface area contributed by atoms with E-state index < -0.39 is 5.54 Å². The molecule has 2 aliphatic rings. The molecule has 0 saturated carbocycles. The fraction of sp³-hybridized carbons (Fsp3) is 0.348. The number of fused-ring (bicyclic) bond motifs is 2. The largest absolute Gasteiger partial charge is 0.495 e. The molecule has 0 aliphatic carbocycles. The van der Waals surface area contributed by atoms with Gasteiger partial charge in [-0.1, -0.05) is 0 Å². The van der Waals surface area contributed by atoms with Crippen molar-refractivity contribution in [3.05, 3.63) is 53.7 Å². The number of hydrogen-bond acceptors (Lipinski definition) is 6. The van der Waals surface area contributed by atoms with Gasteiger partial charge in [0, 0.05) is 31.4 Å². The van der Waals surface area contributed by atoms with Crippen LogP contribution in [0.5, 0.6) is 5.75 Å². The van der Waals surface area contributed by atoms with E-state index in [0.717, 1.165) is 11.1 Å². The zero-order chi connectivity index (χ0) is 22.6. The van der Waals surface area contributed by atoms with Gasteiger partial charge in [-0.15, -0.1) is 0 Å². The lowest BCUT2D eigenvalue weighted by Gasteiger charge is -2.51. The van der Waals surface area contributed by atoms with E-state index in [1.807, 2.05) is 32.2 Å². The van der Waals surface area contributed by atoms with Crippen molar-refractivity contribution in [2.24, 2.45) is 0 Å². The summed E-state index contributed by atoms with van der Waals surface area (Å²) in [5.74, 6) is 0.498. The number of carbonyl (C=O) groups is 2. The van der Waals surface area contributed by atoms with E-state index in [0.29, 0.717) is 48.0 Å². The number of aryl methyl sites for hydroxylation is 2. The molecule has 0 unspecified atom stereocenters. The van der Waals surface area contributed by atoms with Gasteiger partial charge in [-0.2, -0.15) is 5.10 Å². The number of aromatic nitrogens is 4. The van der Waals surface area contributed by atoms with Crippen molar-refractivity contribution in [2.45, 2.75) is 32.9 Å². The normalized spacial score (nSPS) is 16.3. The van der Waals surface area contributed by atoms with Crippen molar-refractivity contribution in [3.8, 4) is 17.0 Å². The molecular formula is C23H24N6O3. The third kappa shape index (κ3) is 2.80. The number of nitrogens with zero attached hydrogens (tertiary/aromatic N) is 6. The van der Waals surface area contributed by atoms with Gasteiger partial charge in [-0.25, -0.2) is 4.98 Å². The maximum absolute atomic E-state index is 13.7. The number of anilines is 1. The molecule has 0 aromatic carbocycles. The molecule has 5 heterocycles. The van der Waals surface area contributed by atoms with Crippen molar-refractivity contribution >= 4 is 17.5 Å².